The lowest BCUT2D eigenvalue weighted by atomic mass is 9.64. The Balaban J connectivity index is 1.69. The van der Waals surface area contributed by atoms with Crippen LogP contribution in [0.3, 0.4) is 0 Å². The molecule has 1 aliphatic heterocycles. The van der Waals surface area contributed by atoms with Crippen LogP contribution < -0.4 is 4.74 Å². The Kier molecular flexibility index (Phi) is 4.63. The van der Waals surface area contributed by atoms with Crippen molar-refractivity contribution in [1.29, 1.82) is 0 Å². The quantitative estimate of drug-likeness (QED) is 0.610. The van der Waals surface area contributed by atoms with E-state index < -0.39 is 5.92 Å². The number of rotatable bonds is 5. The number of ether oxygens (including phenoxy) is 2. The summed E-state index contributed by atoms with van der Waals surface area (Å²) in [5.74, 6) is -0.136. The topological polar surface area (TPSA) is 55.8 Å². The molecule has 0 saturated carbocycles. The monoisotopic (exact) mass is 331 g/mol. The predicted molar refractivity (Wildman–Crippen MR) is 90.2 cm³/mol. The van der Waals surface area contributed by atoms with Crippen LogP contribution in [0.15, 0.2) is 18.2 Å². The molecule has 2 aliphatic rings. The Morgan fingerprint density at radius 3 is 2.92 bits per heavy atom. The highest BCUT2D eigenvalue weighted by molar-refractivity contribution is 5.99. The second-order valence-electron chi connectivity index (χ2n) is 7.02. The molecular weight excluding hydrogens is 306 g/mol. The molecule has 1 fully saturated rings. The lowest BCUT2D eigenvalue weighted by Crippen LogP contribution is -2.52. The summed E-state index contributed by atoms with van der Waals surface area (Å²) in [6.45, 7) is 6.34. The normalized spacial score (nSPS) is 26.5. The van der Waals surface area contributed by atoms with Crippen LogP contribution in [0.2, 0.25) is 0 Å². The van der Waals surface area contributed by atoms with Crippen LogP contribution >= 0.6 is 0 Å². The van der Waals surface area contributed by atoms with Gasteiger partial charge in [-0.1, -0.05) is 13.0 Å². The van der Waals surface area contributed by atoms with E-state index in [0.29, 0.717) is 26.1 Å². The SMILES string of the molecule is CCOC(=O)C1CN(CC2(C)Cc3ccc(OC)cc32)CCC1=O. The first-order valence-electron chi connectivity index (χ1n) is 8.56. The van der Waals surface area contributed by atoms with Crippen molar-refractivity contribution in [1.82, 2.24) is 4.90 Å². The van der Waals surface area contributed by atoms with Crippen LogP contribution in [0.4, 0.5) is 0 Å². The van der Waals surface area contributed by atoms with Gasteiger partial charge >= 0.3 is 5.97 Å². The van der Waals surface area contributed by atoms with E-state index in [1.54, 1.807) is 14.0 Å². The summed E-state index contributed by atoms with van der Waals surface area (Å²) in [5, 5.41) is 0. The molecule has 1 aromatic carbocycles. The minimum Gasteiger partial charge on any atom is -0.497 e. The number of benzene rings is 1. The van der Waals surface area contributed by atoms with E-state index in [1.807, 2.05) is 6.07 Å². The van der Waals surface area contributed by atoms with Crippen molar-refractivity contribution in [2.75, 3.05) is 33.4 Å². The first-order valence-corrected chi connectivity index (χ1v) is 8.56. The van der Waals surface area contributed by atoms with Gasteiger partial charge in [-0.2, -0.15) is 0 Å². The Morgan fingerprint density at radius 2 is 2.21 bits per heavy atom. The number of carbonyl (C=O) groups is 2. The minimum absolute atomic E-state index is 0.00512. The van der Waals surface area contributed by atoms with Crippen LogP contribution in [-0.4, -0.2) is 50.0 Å². The summed E-state index contributed by atoms with van der Waals surface area (Å²) in [4.78, 5) is 26.3. The van der Waals surface area contributed by atoms with Gasteiger partial charge < -0.3 is 14.4 Å². The van der Waals surface area contributed by atoms with Crippen LogP contribution in [-0.2, 0) is 26.2 Å². The van der Waals surface area contributed by atoms with Crippen molar-refractivity contribution in [3.05, 3.63) is 29.3 Å². The lowest BCUT2D eigenvalue weighted by Gasteiger charge is -2.45. The number of Topliss-reactive ketones (excluding diaryl/α,β-unsaturated/α-hetero) is 1. The maximum absolute atomic E-state index is 12.0. The summed E-state index contributed by atoms with van der Waals surface area (Å²) in [6, 6.07) is 6.22. The number of fused-ring (bicyclic) bond motifs is 1. The number of piperidine rings is 1. The molecule has 1 aliphatic carbocycles. The molecule has 0 bridgehead atoms. The first-order chi connectivity index (χ1) is 11.5. The third kappa shape index (κ3) is 3.05. The molecule has 0 amide bonds. The van der Waals surface area contributed by atoms with Gasteiger partial charge in [-0.25, -0.2) is 0 Å². The number of hydrogen-bond donors (Lipinski definition) is 0. The van der Waals surface area contributed by atoms with Gasteiger partial charge in [-0.05, 0) is 36.6 Å². The summed E-state index contributed by atoms with van der Waals surface area (Å²) in [7, 11) is 1.68. The fourth-order valence-corrected chi connectivity index (χ4v) is 3.93. The molecule has 130 valence electrons. The molecule has 0 spiro atoms. The molecule has 0 aromatic heterocycles. The Hall–Kier alpha value is -1.88. The summed E-state index contributed by atoms with van der Waals surface area (Å²) in [6.07, 6.45) is 1.44. The van der Waals surface area contributed by atoms with E-state index in [-0.39, 0.29) is 17.2 Å². The Bertz CT molecular complexity index is 657. The molecule has 2 unspecified atom stereocenters. The molecule has 24 heavy (non-hydrogen) atoms. The van der Waals surface area contributed by atoms with Gasteiger partial charge in [0.15, 0.2) is 0 Å². The van der Waals surface area contributed by atoms with E-state index in [0.717, 1.165) is 18.7 Å². The van der Waals surface area contributed by atoms with E-state index >= 15 is 0 Å². The van der Waals surface area contributed by atoms with Crippen LogP contribution in [0.25, 0.3) is 0 Å². The average Bonchev–Trinajstić information content (AvgIpc) is 2.56. The third-order valence-corrected chi connectivity index (χ3v) is 5.20. The second-order valence-corrected chi connectivity index (χ2v) is 7.02. The van der Waals surface area contributed by atoms with E-state index in [1.165, 1.54) is 11.1 Å². The Morgan fingerprint density at radius 1 is 1.42 bits per heavy atom. The fourth-order valence-electron chi connectivity index (χ4n) is 3.93. The largest absolute Gasteiger partial charge is 0.497 e. The lowest BCUT2D eigenvalue weighted by molar-refractivity contribution is -0.154. The van der Waals surface area contributed by atoms with Gasteiger partial charge in [0.2, 0.25) is 0 Å². The molecule has 1 heterocycles. The second kappa shape index (κ2) is 6.55. The van der Waals surface area contributed by atoms with Crippen molar-refractivity contribution >= 4 is 11.8 Å². The van der Waals surface area contributed by atoms with Crippen molar-refractivity contribution in [3.8, 4) is 5.75 Å². The molecule has 5 heteroatoms. The van der Waals surface area contributed by atoms with Crippen molar-refractivity contribution < 1.29 is 19.1 Å². The van der Waals surface area contributed by atoms with Gasteiger partial charge in [-0.15, -0.1) is 0 Å². The number of hydrogen-bond acceptors (Lipinski definition) is 5. The Labute approximate surface area is 142 Å². The highest BCUT2D eigenvalue weighted by Gasteiger charge is 2.42. The minimum atomic E-state index is -0.632. The summed E-state index contributed by atoms with van der Waals surface area (Å²) in [5.41, 5.74) is 2.71. The standard InChI is InChI=1S/C19H25NO4/c1-4-24-18(22)15-11-20(8-7-17(15)21)12-19(2)10-13-5-6-14(23-3)9-16(13)19/h5-6,9,15H,4,7-8,10-12H2,1-3H3. The number of esters is 1. The van der Waals surface area contributed by atoms with E-state index in [2.05, 4.69) is 24.0 Å². The molecule has 5 nitrogen and oxygen atoms in total. The van der Waals surface area contributed by atoms with Crippen LogP contribution in [0.5, 0.6) is 5.75 Å². The van der Waals surface area contributed by atoms with Gasteiger partial charge in [0.05, 0.1) is 13.7 Å². The number of nitrogens with zero attached hydrogens (tertiary/aromatic N) is 1. The smallest absolute Gasteiger partial charge is 0.317 e. The predicted octanol–water partition coefficient (Wildman–Crippen LogP) is 1.96. The average molecular weight is 331 g/mol. The zero-order chi connectivity index (χ0) is 17.3. The maximum atomic E-state index is 12.0. The fraction of sp³-hybridized carbons (Fsp3) is 0.579. The first kappa shape index (κ1) is 17.0. The molecule has 2 atom stereocenters. The highest BCUT2D eigenvalue weighted by Crippen LogP contribution is 2.43. The van der Waals surface area contributed by atoms with Crippen molar-refractivity contribution in [3.63, 3.8) is 0 Å². The van der Waals surface area contributed by atoms with Gasteiger partial charge in [0, 0.05) is 31.5 Å². The van der Waals surface area contributed by atoms with Crippen molar-refractivity contribution in [2.24, 2.45) is 5.92 Å². The van der Waals surface area contributed by atoms with E-state index in [9.17, 15) is 9.59 Å². The van der Waals surface area contributed by atoms with Crippen LogP contribution in [0, 0.1) is 5.92 Å². The molecular formula is C19H25NO4. The van der Waals surface area contributed by atoms with E-state index in [4.69, 9.17) is 9.47 Å². The number of methoxy groups -OCH3 is 1. The zero-order valence-electron chi connectivity index (χ0n) is 14.6. The maximum Gasteiger partial charge on any atom is 0.317 e. The van der Waals surface area contributed by atoms with Crippen molar-refractivity contribution in [2.45, 2.75) is 32.1 Å². The number of ketones is 1. The molecule has 3 rings (SSSR count). The molecule has 0 radical (unpaired) electrons. The van der Waals surface area contributed by atoms with Gasteiger partial charge in [0.1, 0.15) is 17.5 Å². The zero-order valence-corrected chi connectivity index (χ0v) is 14.6. The highest BCUT2D eigenvalue weighted by atomic mass is 16.5. The summed E-state index contributed by atoms with van der Waals surface area (Å²) >= 11 is 0. The third-order valence-electron chi connectivity index (χ3n) is 5.20. The van der Waals surface area contributed by atoms with Crippen LogP contribution in [0.1, 0.15) is 31.4 Å². The van der Waals surface area contributed by atoms with Gasteiger partial charge in [0.25, 0.3) is 0 Å². The van der Waals surface area contributed by atoms with Gasteiger partial charge in [-0.3, -0.25) is 9.59 Å². The molecule has 1 aromatic rings. The molecule has 0 N–H and O–H groups in total. The number of likely N-dealkylation sites (tertiary alicyclic amines) is 1. The number of carbonyl (C=O) groups excluding carboxylic acids is 2. The summed E-state index contributed by atoms with van der Waals surface area (Å²) < 4.78 is 10.4. The molecule has 1 saturated heterocycles.